The highest BCUT2D eigenvalue weighted by atomic mass is 19.2. The number of likely N-dealkylation sites (tertiary alicyclic amines) is 1. The lowest BCUT2D eigenvalue weighted by atomic mass is 9.90. The van der Waals surface area contributed by atoms with Gasteiger partial charge in [-0.05, 0) is 43.1 Å². The summed E-state index contributed by atoms with van der Waals surface area (Å²) in [4.78, 5) is 2.14. The fourth-order valence-electron chi connectivity index (χ4n) is 3.81. The van der Waals surface area contributed by atoms with Crippen molar-refractivity contribution in [3.8, 4) is 11.1 Å². The summed E-state index contributed by atoms with van der Waals surface area (Å²) in [6.07, 6.45) is 3.70. The van der Waals surface area contributed by atoms with E-state index >= 15 is 0 Å². The van der Waals surface area contributed by atoms with Crippen molar-refractivity contribution >= 4 is 0 Å². The molecule has 0 bridgehead atoms. The third-order valence-electron chi connectivity index (χ3n) is 5.16. The summed E-state index contributed by atoms with van der Waals surface area (Å²) in [6.45, 7) is 1.94. The molecule has 0 spiro atoms. The Labute approximate surface area is 155 Å². The van der Waals surface area contributed by atoms with E-state index in [0.717, 1.165) is 48.8 Å². The molecule has 1 aliphatic rings. The van der Waals surface area contributed by atoms with E-state index in [2.05, 4.69) is 15.1 Å². The molecule has 2 heterocycles. The van der Waals surface area contributed by atoms with Crippen molar-refractivity contribution in [2.45, 2.75) is 25.3 Å². The molecule has 140 valence electrons. The monoisotopic (exact) mass is 371 g/mol. The predicted molar refractivity (Wildman–Crippen MR) is 97.6 cm³/mol. The molecule has 1 aromatic heterocycles. The zero-order valence-corrected chi connectivity index (χ0v) is 14.8. The van der Waals surface area contributed by atoms with Crippen LogP contribution in [0.15, 0.2) is 48.7 Å². The van der Waals surface area contributed by atoms with Crippen molar-refractivity contribution in [3.05, 3.63) is 77.4 Å². The minimum atomic E-state index is -0.812. The van der Waals surface area contributed by atoms with Gasteiger partial charge >= 0.3 is 0 Å². The van der Waals surface area contributed by atoms with Gasteiger partial charge in [0.15, 0.2) is 11.6 Å². The van der Waals surface area contributed by atoms with Gasteiger partial charge in [-0.2, -0.15) is 5.10 Å². The van der Waals surface area contributed by atoms with Crippen LogP contribution in [0.4, 0.5) is 13.2 Å². The number of hydrogen-bond donors (Lipinski definition) is 1. The maximum Gasteiger partial charge on any atom is 0.163 e. The van der Waals surface area contributed by atoms with Gasteiger partial charge in [0.05, 0.1) is 6.20 Å². The molecule has 3 nitrogen and oxygen atoms in total. The fraction of sp³-hybridized carbons (Fsp3) is 0.286. The van der Waals surface area contributed by atoms with Crippen LogP contribution in [0.2, 0.25) is 0 Å². The number of rotatable bonds is 4. The van der Waals surface area contributed by atoms with Crippen molar-refractivity contribution in [1.82, 2.24) is 15.1 Å². The highest BCUT2D eigenvalue weighted by Crippen LogP contribution is 2.33. The van der Waals surface area contributed by atoms with Gasteiger partial charge in [-0.1, -0.05) is 24.3 Å². The third-order valence-corrected chi connectivity index (χ3v) is 5.16. The average molecular weight is 371 g/mol. The van der Waals surface area contributed by atoms with Crippen LogP contribution in [0, 0.1) is 17.5 Å². The summed E-state index contributed by atoms with van der Waals surface area (Å²) in [6, 6.07) is 10.7. The molecule has 1 unspecified atom stereocenters. The molecule has 2 aromatic carbocycles. The first-order valence-electron chi connectivity index (χ1n) is 9.06. The van der Waals surface area contributed by atoms with Gasteiger partial charge in [-0.15, -0.1) is 0 Å². The summed E-state index contributed by atoms with van der Waals surface area (Å²) < 4.78 is 40.7. The highest BCUT2D eigenvalue weighted by Gasteiger charge is 2.26. The van der Waals surface area contributed by atoms with E-state index in [1.807, 2.05) is 0 Å². The lowest BCUT2D eigenvalue weighted by molar-refractivity contribution is 0.196. The Morgan fingerprint density at radius 1 is 1.07 bits per heavy atom. The predicted octanol–water partition coefficient (Wildman–Crippen LogP) is 4.87. The Hall–Kier alpha value is -2.60. The standard InChI is InChI=1S/C21H20F3N3/c22-17-8-6-14(7-9-17)18-11-25-26-21(18)16-4-2-10-27(13-16)12-15-3-1-5-19(23)20(15)24/h1,3,5-9,11,16H,2,4,10,12-13H2,(H,25,26). The second-order valence-corrected chi connectivity index (χ2v) is 6.99. The van der Waals surface area contributed by atoms with E-state index in [0.29, 0.717) is 12.1 Å². The molecule has 0 aliphatic carbocycles. The van der Waals surface area contributed by atoms with E-state index in [9.17, 15) is 13.2 Å². The van der Waals surface area contributed by atoms with Gasteiger partial charge in [-0.25, -0.2) is 13.2 Å². The van der Waals surface area contributed by atoms with Gasteiger partial charge in [0.25, 0.3) is 0 Å². The summed E-state index contributed by atoms with van der Waals surface area (Å²) >= 11 is 0. The van der Waals surface area contributed by atoms with Crippen molar-refractivity contribution in [2.24, 2.45) is 0 Å². The summed E-state index contributed by atoms with van der Waals surface area (Å²) in [5.41, 5.74) is 3.25. The maximum absolute atomic E-state index is 14.0. The Morgan fingerprint density at radius 3 is 2.70 bits per heavy atom. The molecule has 1 fully saturated rings. The molecule has 0 radical (unpaired) electrons. The van der Waals surface area contributed by atoms with Gasteiger partial charge in [0.1, 0.15) is 5.82 Å². The minimum Gasteiger partial charge on any atom is -0.298 e. The number of hydrogen-bond acceptors (Lipinski definition) is 2. The lowest BCUT2D eigenvalue weighted by Gasteiger charge is -2.32. The molecule has 4 rings (SSSR count). The zero-order valence-electron chi connectivity index (χ0n) is 14.8. The number of benzene rings is 2. The first kappa shape index (κ1) is 17.8. The molecule has 0 saturated carbocycles. The van der Waals surface area contributed by atoms with E-state index in [4.69, 9.17) is 0 Å². The Bertz CT molecular complexity index is 921. The van der Waals surface area contributed by atoms with Crippen molar-refractivity contribution < 1.29 is 13.2 Å². The minimum absolute atomic E-state index is 0.206. The maximum atomic E-state index is 14.0. The normalized spacial score (nSPS) is 18.0. The quantitative estimate of drug-likeness (QED) is 0.709. The van der Waals surface area contributed by atoms with Crippen molar-refractivity contribution in [3.63, 3.8) is 0 Å². The number of H-pyrrole nitrogens is 1. The van der Waals surface area contributed by atoms with Crippen LogP contribution < -0.4 is 0 Å². The molecule has 6 heteroatoms. The van der Waals surface area contributed by atoms with Gasteiger partial charge in [-0.3, -0.25) is 10.00 Å². The summed E-state index contributed by atoms with van der Waals surface area (Å²) in [5, 5.41) is 7.27. The molecular weight excluding hydrogens is 351 g/mol. The molecule has 1 saturated heterocycles. The molecule has 27 heavy (non-hydrogen) atoms. The fourth-order valence-corrected chi connectivity index (χ4v) is 3.81. The molecular formula is C21H20F3N3. The van der Waals surface area contributed by atoms with E-state index in [1.54, 1.807) is 24.4 Å². The summed E-state index contributed by atoms with van der Waals surface area (Å²) in [5.74, 6) is -1.65. The lowest BCUT2D eigenvalue weighted by Crippen LogP contribution is -2.34. The zero-order chi connectivity index (χ0) is 18.8. The smallest absolute Gasteiger partial charge is 0.163 e. The molecule has 1 aliphatic heterocycles. The number of halogens is 3. The molecule has 0 amide bonds. The summed E-state index contributed by atoms with van der Waals surface area (Å²) in [7, 11) is 0. The van der Waals surface area contributed by atoms with Crippen LogP contribution in [-0.2, 0) is 6.54 Å². The van der Waals surface area contributed by atoms with E-state index < -0.39 is 11.6 Å². The van der Waals surface area contributed by atoms with Crippen LogP contribution >= 0.6 is 0 Å². The number of nitrogens with one attached hydrogen (secondary N) is 1. The van der Waals surface area contributed by atoms with Gasteiger partial charge < -0.3 is 0 Å². The van der Waals surface area contributed by atoms with Crippen LogP contribution in [0.3, 0.4) is 0 Å². The Morgan fingerprint density at radius 2 is 1.89 bits per heavy atom. The third kappa shape index (κ3) is 3.76. The second kappa shape index (κ2) is 7.56. The number of piperidine rings is 1. The van der Waals surface area contributed by atoms with Crippen molar-refractivity contribution in [1.29, 1.82) is 0 Å². The second-order valence-electron chi connectivity index (χ2n) is 6.99. The first-order chi connectivity index (χ1) is 13.1. The van der Waals surface area contributed by atoms with Crippen molar-refractivity contribution in [2.75, 3.05) is 13.1 Å². The van der Waals surface area contributed by atoms with Crippen LogP contribution in [0.5, 0.6) is 0 Å². The largest absolute Gasteiger partial charge is 0.298 e. The number of aromatic nitrogens is 2. The van der Waals surface area contributed by atoms with Gasteiger partial charge in [0.2, 0.25) is 0 Å². The molecule has 1 atom stereocenters. The molecule has 1 N–H and O–H groups in total. The topological polar surface area (TPSA) is 31.9 Å². The Kier molecular flexibility index (Phi) is 4.99. The average Bonchev–Trinajstić information content (AvgIpc) is 3.16. The van der Waals surface area contributed by atoms with Crippen LogP contribution in [0.1, 0.15) is 30.0 Å². The van der Waals surface area contributed by atoms with Crippen LogP contribution in [0.25, 0.3) is 11.1 Å². The van der Waals surface area contributed by atoms with Gasteiger partial charge in [0, 0.05) is 35.8 Å². The van der Waals surface area contributed by atoms with E-state index in [-0.39, 0.29) is 11.7 Å². The highest BCUT2D eigenvalue weighted by molar-refractivity contribution is 5.65. The number of nitrogens with zero attached hydrogens (tertiary/aromatic N) is 2. The van der Waals surface area contributed by atoms with E-state index in [1.165, 1.54) is 18.2 Å². The number of aromatic amines is 1. The SMILES string of the molecule is Fc1ccc(-c2cn[nH]c2C2CCCN(Cc3cccc(F)c3F)C2)cc1. The van der Waals surface area contributed by atoms with Crippen LogP contribution in [-0.4, -0.2) is 28.2 Å². The molecule has 3 aromatic rings. The Balaban J connectivity index is 1.53. The first-order valence-corrected chi connectivity index (χ1v) is 9.06.